The van der Waals surface area contributed by atoms with Gasteiger partial charge >= 0.3 is 0 Å². The molecular formula is C17H26N2O3S. The van der Waals surface area contributed by atoms with Gasteiger partial charge < -0.3 is 5.11 Å². The Morgan fingerprint density at radius 3 is 2.26 bits per heavy atom. The highest BCUT2D eigenvalue weighted by atomic mass is 32.2. The summed E-state index contributed by atoms with van der Waals surface area (Å²) in [5, 5.41) is 9.65. The summed E-state index contributed by atoms with van der Waals surface area (Å²) in [6.45, 7) is 4.85. The monoisotopic (exact) mass is 338 g/mol. The minimum Gasteiger partial charge on any atom is -0.392 e. The fraction of sp³-hybridized carbons (Fsp3) is 0.647. The van der Waals surface area contributed by atoms with Crippen LogP contribution in [0.2, 0.25) is 0 Å². The number of hydrogen-bond acceptors (Lipinski definition) is 4. The van der Waals surface area contributed by atoms with Crippen molar-refractivity contribution in [1.29, 1.82) is 0 Å². The number of aliphatic hydroxyl groups is 1. The maximum absolute atomic E-state index is 12.7. The number of likely N-dealkylation sites (tertiary alicyclic amines) is 1. The molecule has 0 amide bonds. The summed E-state index contributed by atoms with van der Waals surface area (Å²) in [4.78, 5) is 2.70. The minimum atomic E-state index is -3.38. The molecule has 1 atom stereocenters. The standard InChI is InChI=1S/C17H26N2O3S/c1-2-14-3-5-17(6-4-14)23(21,22)19-11-7-15(8-12-19)18-10-9-16(20)13-18/h3-6,15-16,20H,2,7-13H2,1H3/t16-/m1/s1. The van der Waals surface area contributed by atoms with Crippen molar-refractivity contribution < 1.29 is 13.5 Å². The predicted octanol–water partition coefficient (Wildman–Crippen LogP) is 1.47. The van der Waals surface area contributed by atoms with Gasteiger partial charge in [0.05, 0.1) is 11.0 Å². The summed E-state index contributed by atoms with van der Waals surface area (Å²) in [6.07, 6.45) is 3.22. The van der Waals surface area contributed by atoms with E-state index >= 15 is 0 Å². The fourth-order valence-electron chi connectivity index (χ4n) is 3.59. The molecule has 0 saturated carbocycles. The zero-order valence-electron chi connectivity index (χ0n) is 13.7. The molecule has 0 unspecified atom stereocenters. The summed E-state index contributed by atoms with van der Waals surface area (Å²) in [6, 6.07) is 7.63. The van der Waals surface area contributed by atoms with Crippen LogP contribution in [-0.4, -0.2) is 61.1 Å². The predicted molar refractivity (Wildman–Crippen MR) is 89.8 cm³/mol. The zero-order chi connectivity index (χ0) is 16.4. The Bertz CT molecular complexity index is 622. The van der Waals surface area contributed by atoms with E-state index in [1.807, 2.05) is 12.1 Å². The topological polar surface area (TPSA) is 60.9 Å². The van der Waals surface area contributed by atoms with Crippen molar-refractivity contribution in [2.45, 2.75) is 49.6 Å². The number of benzene rings is 1. The highest BCUT2D eigenvalue weighted by Gasteiger charge is 2.33. The molecule has 2 aliphatic heterocycles. The first kappa shape index (κ1) is 16.9. The van der Waals surface area contributed by atoms with E-state index in [1.54, 1.807) is 16.4 Å². The van der Waals surface area contributed by atoms with Gasteiger partial charge in [-0.1, -0.05) is 19.1 Å². The van der Waals surface area contributed by atoms with Gasteiger partial charge in [0.1, 0.15) is 0 Å². The molecule has 2 aliphatic rings. The van der Waals surface area contributed by atoms with Gasteiger partial charge in [0, 0.05) is 32.2 Å². The van der Waals surface area contributed by atoms with E-state index in [0.717, 1.165) is 44.3 Å². The highest BCUT2D eigenvalue weighted by Crippen LogP contribution is 2.25. The van der Waals surface area contributed by atoms with Crippen LogP contribution in [0.5, 0.6) is 0 Å². The van der Waals surface area contributed by atoms with Crippen LogP contribution in [0.25, 0.3) is 0 Å². The number of rotatable bonds is 4. The molecule has 3 rings (SSSR count). The number of aryl methyl sites for hydroxylation is 1. The average Bonchev–Trinajstić information content (AvgIpc) is 3.01. The second-order valence-electron chi connectivity index (χ2n) is 6.57. The molecule has 1 aromatic rings. The van der Waals surface area contributed by atoms with E-state index < -0.39 is 10.0 Å². The largest absolute Gasteiger partial charge is 0.392 e. The molecule has 23 heavy (non-hydrogen) atoms. The highest BCUT2D eigenvalue weighted by molar-refractivity contribution is 7.89. The lowest BCUT2D eigenvalue weighted by molar-refractivity contribution is 0.132. The summed E-state index contributed by atoms with van der Waals surface area (Å²) < 4.78 is 27.1. The summed E-state index contributed by atoms with van der Waals surface area (Å²) in [5.41, 5.74) is 1.15. The van der Waals surface area contributed by atoms with Crippen LogP contribution in [-0.2, 0) is 16.4 Å². The molecule has 2 saturated heterocycles. The molecule has 2 fully saturated rings. The van der Waals surface area contributed by atoms with Crippen LogP contribution in [0.3, 0.4) is 0 Å². The smallest absolute Gasteiger partial charge is 0.243 e. The molecule has 0 aliphatic carbocycles. The van der Waals surface area contributed by atoms with Crippen molar-refractivity contribution in [2.75, 3.05) is 26.2 Å². The Hall–Kier alpha value is -0.950. The molecule has 0 spiro atoms. The molecule has 128 valence electrons. The quantitative estimate of drug-likeness (QED) is 0.903. The third-order valence-corrected chi connectivity index (χ3v) is 7.02. The number of nitrogens with zero attached hydrogens (tertiary/aromatic N) is 2. The number of hydrogen-bond donors (Lipinski definition) is 1. The molecular weight excluding hydrogens is 312 g/mol. The van der Waals surface area contributed by atoms with E-state index in [1.165, 1.54) is 0 Å². The number of piperidine rings is 1. The molecule has 0 radical (unpaired) electrons. The number of sulfonamides is 1. The number of β-amino-alcohol motifs (C(OH)–C–C–N with tert-alkyl or cyclic N) is 1. The van der Waals surface area contributed by atoms with E-state index in [-0.39, 0.29) is 6.10 Å². The van der Waals surface area contributed by atoms with Crippen LogP contribution in [0, 0.1) is 0 Å². The Labute approximate surface area is 139 Å². The summed E-state index contributed by atoms with van der Waals surface area (Å²) >= 11 is 0. The van der Waals surface area contributed by atoms with Crippen LogP contribution in [0.15, 0.2) is 29.2 Å². The van der Waals surface area contributed by atoms with Crippen molar-refractivity contribution >= 4 is 10.0 Å². The van der Waals surface area contributed by atoms with Gasteiger partial charge in [-0.2, -0.15) is 4.31 Å². The Balaban J connectivity index is 1.63. The summed E-state index contributed by atoms with van der Waals surface area (Å²) in [5.74, 6) is 0. The molecule has 0 bridgehead atoms. The van der Waals surface area contributed by atoms with Crippen LogP contribution in [0.4, 0.5) is 0 Å². The maximum atomic E-state index is 12.7. The second kappa shape index (κ2) is 6.89. The van der Waals surface area contributed by atoms with Crippen molar-refractivity contribution in [2.24, 2.45) is 0 Å². The first-order valence-corrected chi connectivity index (χ1v) is 9.96. The Morgan fingerprint density at radius 2 is 1.74 bits per heavy atom. The van der Waals surface area contributed by atoms with Gasteiger partial charge in [0.2, 0.25) is 10.0 Å². The van der Waals surface area contributed by atoms with Gasteiger partial charge in [-0.3, -0.25) is 4.90 Å². The number of aliphatic hydroxyl groups excluding tert-OH is 1. The van der Waals surface area contributed by atoms with Crippen LogP contribution in [0.1, 0.15) is 31.7 Å². The third kappa shape index (κ3) is 3.60. The lowest BCUT2D eigenvalue weighted by Crippen LogP contribution is -2.46. The molecule has 6 heteroatoms. The van der Waals surface area contributed by atoms with Crippen molar-refractivity contribution in [1.82, 2.24) is 9.21 Å². The van der Waals surface area contributed by atoms with E-state index in [4.69, 9.17) is 0 Å². The van der Waals surface area contributed by atoms with E-state index in [9.17, 15) is 13.5 Å². The fourth-order valence-corrected chi connectivity index (χ4v) is 5.06. The lowest BCUT2D eigenvalue weighted by atomic mass is 10.1. The second-order valence-corrected chi connectivity index (χ2v) is 8.51. The van der Waals surface area contributed by atoms with Crippen molar-refractivity contribution in [3.63, 3.8) is 0 Å². The first-order valence-electron chi connectivity index (χ1n) is 8.52. The van der Waals surface area contributed by atoms with Gasteiger partial charge in [0.15, 0.2) is 0 Å². The zero-order valence-corrected chi connectivity index (χ0v) is 14.5. The normalized spacial score (nSPS) is 25.0. The van der Waals surface area contributed by atoms with Crippen LogP contribution >= 0.6 is 0 Å². The summed E-state index contributed by atoms with van der Waals surface area (Å²) in [7, 11) is -3.38. The minimum absolute atomic E-state index is 0.214. The molecule has 0 aromatic heterocycles. The first-order chi connectivity index (χ1) is 11.0. The van der Waals surface area contributed by atoms with Gasteiger partial charge in [-0.15, -0.1) is 0 Å². The third-order valence-electron chi connectivity index (χ3n) is 5.10. The lowest BCUT2D eigenvalue weighted by Gasteiger charge is -2.36. The SMILES string of the molecule is CCc1ccc(S(=O)(=O)N2CCC(N3CC[C@@H](O)C3)CC2)cc1. The van der Waals surface area contributed by atoms with Crippen LogP contribution < -0.4 is 0 Å². The molecule has 1 N–H and O–H groups in total. The van der Waals surface area contributed by atoms with Gasteiger partial charge in [-0.25, -0.2) is 8.42 Å². The molecule has 2 heterocycles. The Morgan fingerprint density at radius 1 is 1.09 bits per heavy atom. The van der Waals surface area contributed by atoms with Gasteiger partial charge in [0.25, 0.3) is 0 Å². The van der Waals surface area contributed by atoms with E-state index in [2.05, 4.69) is 11.8 Å². The van der Waals surface area contributed by atoms with Crippen molar-refractivity contribution in [3.05, 3.63) is 29.8 Å². The Kier molecular flexibility index (Phi) is 5.06. The maximum Gasteiger partial charge on any atom is 0.243 e. The van der Waals surface area contributed by atoms with Crippen molar-refractivity contribution in [3.8, 4) is 0 Å². The van der Waals surface area contributed by atoms with Gasteiger partial charge in [-0.05, 0) is 43.4 Å². The molecule has 5 nitrogen and oxygen atoms in total. The molecule has 1 aromatic carbocycles. The average molecular weight is 338 g/mol. The van der Waals surface area contributed by atoms with E-state index in [0.29, 0.717) is 24.0 Å².